The monoisotopic (exact) mass is 298 g/mol. The summed E-state index contributed by atoms with van der Waals surface area (Å²) in [4.78, 5) is 42.1. The van der Waals surface area contributed by atoms with Crippen molar-refractivity contribution >= 4 is 23.6 Å². The molecule has 3 rings (SSSR count). The number of nitrogens with one attached hydrogen (secondary N) is 2. The second kappa shape index (κ2) is 5.60. The fraction of sp³-hybridized carbons (Fsp3) is 0.0714. The van der Waals surface area contributed by atoms with Crippen LogP contribution in [0.2, 0.25) is 0 Å². The van der Waals surface area contributed by atoms with Gasteiger partial charge < -0.3 is 10.1 Å². The molecule has 0 saturated carbocycles. The van der Waals surface area contributed by atoms with Crippen molar-refractivity contribution in [2.45, 2.75) is 6.10 Å². The van der Waals surface area contributed by atoms with Crippen LogP contribution < -0.4 is 10.6 Å². The maximum absolute atomic E-state index is 11.9. The van der Waals surface area contributed by atoms with Crippen molar-refractivity contribution in [2.75, 3.05) is 5.32 Å². The zero-order valence-electron chi connectivity index (χ0n) is 11.1. The minimum absolute atomic E-state index is 0.190. The Morgan fingerprint density at radius 1 is 1.18 bits per heavy atom. The average molecular weight is 298 g/mol. The van der Waals surface area contributed by atoms with E-state index in [0.29, 0.717) is 11.3 Å². The summed E-state index contributed by atoms with van der Waals surface area (Å²) in [5.41, 5.74) is 1.22. The molecule has 0 aliphatic carbocycles. The molecular formula is C14H10N4O4. The van der Waals surface area contributed by atoms with Crippen molar-refractivity contribution in [1.29, 1.82) is 0 Å². The summed E-state index contributed by atoms with van der Waals surface area (Å²) < 4.78 is 4.84. The van der Waals surface area contributed by atoms with Gasteiger partial charge in [0.15, 0.2) is 0 Å². The van der Waals surface area contributed by atoms with Gasteiger partial charge in [0, 0.05) is 23.6 Å². The van der Waals surface area contributed by atoms with Crippen LogP contribution in [0.4, 0.5) is 10.5 Å². The van der Waals surface area contributed by atoms with Crippen molar-refractivity contribution in [3.05, 3.63) is 54.1 Å². The van der Waals surface area contributed by atoms with Gasteiger partial charge in [-0.1, -0.05) is 12.1 Å². The number of hydrogen-bond acceptors (Lipinski definition) is 6. The van der Waals surface area contributed by atoms with Gasteiger partial charge in [-0.25, -0.2) is 9.78 Å². The zero-order valence-corrected chi connectivity index (χ0v) is 11.1. The summed E-state index contributed by atoms with van der Waals surface area (Å²) in [5.74, 6) is -0.910. The van der Waals surface area contributed by atoms with E-state index < -0.39 is 24.0 Å². The molecule has 1 aromatic carbocycles. The number of carbonyl (C=O) groups excluding carboxylic acids is 3. The molecule has 2 heterocycles. The highest BCUT2D eigenvalue weighted by molar-refractivity contribution is 6.03. The van der Waals surface area contributed by atoms with E-state index in [-0.39, 0.29) is 5.69 Å². The molecule has 22 heavy (non-hydrogen) atoms. The number of benzene rings is 1. The summed E-state index contributed by atoms with van der Waals surface area (Å²) in [6.45, 7) is 0. The van der Waals surface area contributed by atoms with Crippen LogP contribution in [0.15, 0.2) is 42.9 Å². The number of carbonyl (C=O) groups is 3. The van der Waals surface area contributed by atoms with Gasteiger partial charge >= 0.3 is 6.09 Å². The lowest BCUT2D eigenvalue weighted by Gasteiger charge is -2.08. The Kier molecular flexibility index (Phi) is 3.48. The summed E-state index contributed by atoms with van der Waals surface area (Å²) in [6.07, 6.45) is 2.52. The number of ether oxygens (including phenoxy) is 1. The molecule has 2 aromatic rings. The molecule has 2 N–H and O–H groups in total. The molecular weight excluding hydrogens is 288 g/mol. The predicted molar refractivity (Wildman–Crippen MR) is 73.8 cm³/mol. The van der Waals surface area contributed by atoms with Gasteiger partial charge in [0.1, 0.15) is 5.69 Å². The van der Waals surface area contributed by atoms with Gasteiger partial charge in [-0.3, -0.25) is 19.9 Å². The lowest BCUT2D eigenvalue weighted by Crippen LogP contribution is -2.20. The second-order valence-electron chi connectivity index (χ2n) is 4.44. The lowest BCUT2D eigenvalue weighted by atomic mass is 10.1. The SMILES string of the molecule is O=C1NC(=O)C(c2ccc(NC(=O)c3cnccn3)cc2)O1. The highest BCUT2D eigenvalue weighted by Gasteiger charge is 2.33. The highest BCUT2D eigenvalue weighted by Crippen LogP contribution is 2.23. The van der Waals surface area contributed by atoms with E-state index in [1.54, 1.807) is 24.3 Å². The standard InChI is InChI=1S/C14H10N4O4/c19-12(10-7-15-5-6-16-10)17-9-3-1-8(2-4-9)11-13(20)18-14(21)22-11/h1-7,11H,(H,17,19)(H,18,20,21). The molecule has 110 valence electrons. The summed E-state index contributed by atoms with van der Waals surface area (Å²) in [5, 5.41) is 4.69. The number of imide groups is 1. The molecule has 0 spiro atoms. The molecule has 3 amide bonds. The van der Waals surface area contributed by atoms with Crippen LogP contribution in [-0.2, 0) is 9.53 Å². The molecule has 1 aromatic heterocycles. The van der Waals surface area contributed by atoms with Gasteiger partial charge in [0.05, 0.1) is 6.20 Å². The Labute approximate surface area is 124 Å². The van der Waals surface area contributed by atoms with Gasteiger partial charge in [-0.15, -0.1) is 0 Å². The van der Waals surface area contributed by atoms with Gasteiger partial charge in [0.2, 0.25) is 6.10 Å². The largest absolute Gasteiger partial charge is 0.431 e. The smallest absolute Gasteiger partial charge is 0.415 e. The first-order chi connectivity index (χ1) is 10.6. The van der Waals surface area contributed by atoms with E-state index >= 15 is 0 Å². The van der Waals surface area contributed by atoms with Crippen LogP contribution in [-0.4, -0.2) is 27.9 Å². The first-order valence-corrected chi connectivity index (χ1v) is 6.32. The topological polar surface area (TPSA) is 110 Å². The van der Waals surface area contributed by atoms with E-state index in [4.69, 9.17) is 4.74 Å². The van der Waals surface area contributed by atoms with Crippen molar-refractivity contribution in [3.8, 4) is 0 Å². The lowest BCUT2D eigenvalue weighted by molar-refractivity contribution is -0.123. The number of anilines is 1. The molecule has 0 bridgehead atoms. The quantitative estimate of drug-likeness (QED) is 0.876. The van der Waals surface area contributed by atoms with Crippen molar-refractivity contribution < 1.29 is 19.1 Å². The minimum Gasteiger partial charge on any atom is -0.431 e. The third-order valence-electron chi connectivity index (χ3n) is 2.96. The van der Waals surface area contributed by atoms with Crippen LogP contribution >= 0.6 is 0 Å². The number of cyclic esters (lactones) is 1. The Morgan fingerprint density at radius 3 is 2.55 bits per heavy atom. The third kappa shape index (κ3) is 2.75. The Bertz CT molecular complexity index is 730. The maximum atomic E-state index is 11.9. The summed E-state index contributed by atoms with van der Waals surface area (Å²) in [6, 6.07) is 6.39. The number of alkyl carbamates (subject to hydrolysis) is 1. The molecule has 1 atom stereocenters. The Hall–Kier alpha value is -3.29. The van der Waals surface area contributed by atoms with Crippen LogP contribution in [0.25, 0.3) is 0 Å². The van der Waals surface area contributed by atoms with E-state index in [1.807, 2.05) is 5.32 Å². The second-order valence-corrected chi connectivity index (χ2v) is 4.44. The van der Waals surface area contributed by atoms with Crippen molar-refractivity contribution in [3.63, 3.8) is 0 Å². The molecule has 1 saturated heterocycles. The number of nitrogens with zero attached hydrogens (tertiary/aromatic N) is 2. The van der Waals surface area contributed by atoms with E-state index in [0.717, 1.165) is 0 Å². The van der Waals surface area contributed by atoms with E-state index in [2.05, 4.69) is 15.3 Å². The summed E-state index contributed by atoms with van der Waals surface area (Å²) in [7, 11) is 0. The number of rotatable bonds is 3. The highest BCUT2D eigenvalue weighted by atomic mass is 16.6. The van der Waals surface area contributed by atoms with Crippen LogP contribution in [0.1, 0.15) is 22.2 Å². The van der Waals surface area contributed by atoms with Crippen molar-refractivity contribution in [1.82, 2.24) is 15.3 Å². The van der Waals surface area contributed by atoms with E-state index in [9.17, 15) is 14.4 Å². The maximum Gasteiger partial charge on any atom is 0.415 e. The molecule has 8 heteroatoms. The molecule has 1 fully saturated rings. The van der Waals surface area contributed by atoms with E-state index in [1.165, 1.54) is 18.6 Å². The number of amides is 3. The minimum atomic E-state index is -0.961. The first kappa shape index (κ1) is 13.7. The number of hydrogen-bond donors (Lipinski definition) is 2. The molecule has 1 unspecified atom stereocenters. The zero-order chi connectivity index (χ0) is 15.5. The molecule has 0 radical (unpaired) electrons. The fourth-order valence-electron chi connectivity index (χ4n) is 1.93. The Morgan fingerprint density at radius 2 is 1.95 bits per heavy atom. The van der Waals surface area contributed by atoms with Crippen LogP contribution in [0.5, 0.6) is 0 Å². The average Bonchev–Trinajstić information content (AvgIpc) is 2.87. The molecule has 1 aliphatic rings. The third-order valence-corrected chi connectivity index (χ3v) is 2.96. The van der Waals surface area contributed by atoms with Gasteiger partial charge in [0.25, 0.3) is 11.8 Å². The van der Waals surface area contributed by atoms with Gasteiger partial charge in [-0.2, -0.15) is 0 Å². The Balaban J connectivity index is 1.71. The normalized spacial score (nSPS) is 16.8. The van der Waals surface area contributed by atoms with Crippen molar-refractivity contribution in [2.24, 2.45) is 0 Å². The van der Waals surface area contributed by atoms with Gasteiger partial charge in [-0.05, 0) is 12.1 Å². The predicted octanol–water partition coefficient (Wildman–Crippen LogP) is 1.04. The first-order valence-electron chi connectivity index (χ1n) is 6.32. The van der Waals surface area contributed by atoms with Crippen LogP contribution in [0.3, 0.4) is 0 Å². The summed E-state index contributed by atoms with van der Waals surface area (Å²) >= 11 is 0. The fourth-order valence-corrected chi connectivity index (χ4v) is 1.93. The molecule has 8 nitrogen and oxygen atoms in total. The molecule has 1 aliphatic heterocycles. The number of aromatic nitrogens is 2. The van der Waals surface area contributed by atoms with Crippen LogP contribution in [0, 0.1) is 0 Å².